The summed E-state index contributed by atoms with van der Waals surface area (Å²) in [5.41, 5.74) is 0. The molecule has 0 aliphatic carbocycles. The highest BCUT2D eigenvalue weighted by atomic mass is 16.5. The second-order valence-corrected chi connectivity index (χ2v) is 4.53. The van der Waals surface area contributed by atoms with E-state index >= 15 is 0 Å². The molecule has 1 atom stereocenters. The number of nitrogens with zero attached hydrogens (tertiary/aromatic N) is 1. The lowest BCUT2D eigenvalue weighted by atomic mass is 10.2. The summed E-state index contributed by atoms with van der Waals surface area (Å²) in [4.78, 5) is 2.37. The van der Waals surface area contributed by atoms with Crippen molar-refractivity contribution in [3.05, 3.63) is 30.3 Å². The van der Waals surface area contributed by atoms with Crippen LogP contribution in [0.25, 0.3) is 0 Å². The number of ether oxygens (including phenoxy) is 1. The number of rotatable bonds is 6. The van der Waals surface area contributed by atoms with Crippen LogP contribution in [0, 0.1) is 0 Å². The molecule has 1 aliphatic rings. The molecule has 0 radical (unpaired) electrons. The molecule has 0 bridgehead atoms. The third kappa shape index (κ3) is 3.72. The van der Waals surface area contributed by atoms with E-state index in [-0.39, 0.29) is 0 Å². The van der Waals surface area contributed by atoms with Gasteiger partial charge in [0, 0.05) is 12.6 Å². The monoisotopic (exact) mass is 235 g/mol. The molecule has 1 aromatic rings. The van der Waals surface area contributed by atoms with Gasteiger partial charge in [-0.05, 0) is 37.9 Å². The molecule has 0 saturated carbocycles. The molecule has 3 nitrogen and oxygen atoms in total. The van der Waals surface area contributed by atoms with Crippen molar-refractivity contribution < 1.29 is 9.84 Å². The zero-order chi connectivity index (χ0) is 11.9. The largest absolute Gasteiger partial charge is 0.494 e. The van der Waals surface area contributed by atoms with E-state index in [1.807, 2.05) is 30.3 Å². The van der Waals surface area contributed by atoms with E-state index in [0.29, 0.717) is 12.6 Å². The normalized spacial score (nSPS) is 20.6. The number of aliphatic hydroxyl groups excluding tert-OH is 1. The Balaban J connectivity index is 1.63. The Morgan fingerprint density at radius 3 is 2.88 bits per heavy atom. The van der Waals surface area contributed by atoms with Crippen molar-refractivity contribution in [2.75, 3.05) is 26.3 Å². The predicted molar refractivity (Wildman–Crippen MR) is 68.2 cm³/mol. The number of benzene rings is 1. The van der Waals surface area contributed by atoms with E-state index in [4.69, 9.17) is 4.74 Å². The molecule has 17 heavy (non-hydrogen) atoms. The highest BCUT2D eigenvalue weighted by molar-refractivity contribution is 5.20. The molecule has 1 aromatic carbocycles. The molecule has 3 heteroatoms. The van der Waals surface area contributed by atoms with Gasteiger partial charge in [-0.15, -0.1) is 0 Å². The summed E-state index contributed by atoms with van der Waals surface area (Å²) in [7, 11) is 0. The summed E-state index contributed by atoms with van der Waals surface area (Å²) in [6.45, 7) is 3.19. The fraction of sp³-hybridized carbons (Fsp3) is 0.571. The van der Waals surface area contributed by atoms with Crippen LogP contribution in [0.4, 0.5) is 0 Å². The van der Waals surface area contributed by atoms with Gasteiger partial charge in [-0.2, -0.15) is 0 Å². The minimum atomic E-state index is 0.291. The highest BCUT2D eigenvalue weighted by Crippen LogP contribution is 2.16. The topological polar surface area (TPSA) is 32.7 Å². The van der Waals surface area contributed by atoms with Gasteiger partial charge in [-0.3, -0.25) is 4.90 Å². The van der Waals surface area contributed by atoms with Crippen molar-refractivity contribution in [1.29, 1.82) is 0 Å². The van der Waals surface area contributed by atoms with Crippen molar-refractivity contribution in [2.45, 2.75) is 25.3 Å². The third-order valence-corrected chi connectivity index (χ3v) is 3.31. The molecule has 94 valence electrons. The predicted octanol–water partition coefficient (Wildman–Crippen LogP) is 1.91. The van der Waals surface area contributed by atoms with Crippen LogP contribution in [-0.4, -0.2) is 42.4 Å². The van der Waals surface area contributed by atoms with Crippen LogP contribution >= 0.6 is 0 Å². The van der Waals surface area contributed by atoms with Gasteiger partial charge in [0.15, 0.2) is 0 Å². The standard InChI is InChI=1S/C14H21NO2/c16-12-13-6-4-9-15(13)10-5-11-17-14-7-2-1-3-8-14/h1-3,7-8,13,16H,4-6,9-12H2/t13-/m1/s1. The summed E-state index contributed by atoms with van der Waals surface area (Å²) in [5.74, 6) is 0.938. The maximum Gasteiger partial charge on any atom is 0.119 e. The van der Waals surface area contributed by atoms with Gasteiger partial charge >= 0.3 is 0 Å². The number of hydrogen-bond acceptors (Lipinski definition) is 3. The Morgan fingerprint density at radius 2 is 2.12 bits per heavy atom. The van der Waals surface area contributed by atoms with E-state index in [0.717, 1.165) is 38.3 Å². The lowest BCUT2D eigenvalue weighted by molar-refractivity contribution is 0.150. The van der Waals surface area contributed by atoms with Crippen LogP contribution in [0.15, 0.2) is 30.3 Å². The van der Waals surface area contributed by atoms with Crippen molar-refractivity contribution in [2.24, 2.45) is 0 Å². The minimum Gasteiger partial charge on any atom is -0.494 e. The van der Waals surface area contributed by atoms with Gasteiger partial charge in [0.25, 0.3) is 0 Å². The van der Waals surface area contributed by atoms with Crippen LogP contribution < -0.4 is 4.74 Å². The SMILES string of the molecule is OC[C@H]1CCCN1CCCOc1ccccc1. The minimum absolute atomic E-state index is 0.291. The number of likely N-dealkylation sites (tertiary alicyclic amines) is 1. The molecule has 0 amide bonds. The van der Waals surface area contributed by atoms with Crippen molar-refractivity contribution >= 4 is 0 Å². The zero-order valence-electron chi connectivity index (χ0n) is 10.2. The van der Waals surface area contributed by atoms with E-state index in [2.05, 4.69) is 4.90 Å². The first-order valence-corrected chi connectivity index (χ1v) is 6.43. The quantitative estimate of drug-likeness (QED) is 0.765. The maximum absolute atomic E-state index is 9.20. The van der Waals surface area contributed by atoms with E-state index in [1.165, 1.54) is 6.42 Å². The summed E-state index contributed by atoms with van der Waals surface area (Å²) >= 11 is 0. The Bertz CT molecular complexity index is 315. The van der Waals surface area contributed by atoms with Gasteiger partial charge in [-0.25, -0.2) is 0 Å². The molecule has 1 saturated heterocycles. The number of para-hydroxylation sites is 1. The van der Waals surface area contributed by atoms with E-state index in [9.17, 15) is 5.11 Å². The van der Waals surface area contributed by atoms with Crippen LogP contribution in [-0.2, 0) is 0 Å². The second kappa shape index (κ2) is 6.62. The molecule has 0 spiro atoms. The highest BCUT2D eigenvalue weighted by Gasteiger charge is 2.22. The van der Waals surface area contributed by atoms with E-state index < -0.39 is 0 Å². The molecule has 1 aliphatic heterocycles. The summed E-state index contributed by atoms with van der Waals surface area (Å²) in [6.07, 6.45) is 3.37. The summed E-state index contributed by atoms with van der Waals surface area (Å²) in [6, 6.07) is 10.3. The first-order valence-electron chi connectivity index (χ1n) is 6.43. The Morgan fingerprint density at radius 1 is 1.29 bits per heavy atom. The van der Waals surface area contributed by atoms with Gasteiger partial charge in [0.1, 0.15) is 5.75 Å². The molecule has 1 N–H and O–H groups in total. The second-order valence-electron chi connectivity index (χ2n) is 4.53. The summed E-state index contributed by atoms with van der Waals surface area (Å²) < 4.78 is 5.65. The lowest BCUT2D eigenvalue weighted by Gasteiger charge is -2.22. The molecular formula is C14H21NO2. The molecule has 1 heterocycles. The van der Waals surface area contributed by atoms with Gasteiger partial charge < -0.3 is 9.84 Å². The van der Waals surface area contributed by atoms with Crippen LogP contribution in [0.2, 0.25) is 0 Å². The average Bonchev–Trinajstić information content (AvgIpc) is 2.83. The van der Waals surface area contributed by atoms with Gasteiger partial charge in [0.05, 0.1) is 13.2 Å². The summed E-state index contributed by atoms with van der Waals surface area (Å²) in [5, 5.41) is 9.20. The Kier molecular flexibility index (Phi) is 4.83. The molecule has 1 fully saturated rings. The number of aliphatic hydroxyl groups is 1. The van der Waals surface area contributed by atoms with Gasteiger partial charge in [-0.1, -0.05) is 18.2 Å². The first kappa shape index (κ1) is 12.4. The van der Waals surface area contributed by atoms with Crippen molar-refractivity contribution in [1.82, 2.24) is 4.90 Å². The maximum atomic E-state index is 9.20. The third-order valence-electron chi connectivity index (χ3n) is 3.31. The first-order chi connectivity index (χ1) is 8.40. The Labute approximate surface area is 103 Å². The lowest BCUT2D eigenvalue weighted by Crippen LogP contribution is -2.33. The number of hydrogen-bond donors (Lipinski definition) is 1. The molecule has 0 aromatic heterocycles. The van der Waals surface area contributed by atoms with Crippen molar-refractivity contribution in [3.63, 3.8) is 0 Å². The van der Waals surface area contributed by atoms with Crippen molar-refractivity contribution in [3.8, 4) is 5.75 Å². The zero-order valence-corrected chi connectivity index (χ0v) is 10.2. The molecule has 0 unspecified atom stereocenters. The fourth-order valence-corrected chi connectivity index (χ4v) is 2.37. The van der Waals surface area contributed by atoms with Crippen LogP contribution in [0.5, 0.6) is 5.75 Å². The van der Waals surface area contributed by atoms with Gasteiger partial charge in [0.2, 0.25) is 0 Å². The smallest absolute Gasteiger partial charge is 0.119 e. The fourth-order valence-electron chi connectivity index (χ4n) is 2.37. The van der Waals surface area contributed by atoms with Crippen LogP contribution in [0.1, 0.15) is 19.3 Å². The molecular weight excluding hydrogens is 214 g/mol. The average molecular weight is 235 g/mol. The van der Waals surface area contributed by atoms with Crippen LogP contribution in [0.3, 0.4) is 0 Å². The Hall–Kier alpha value is -1.06. The van der Waals surface area contributed by atoms with E-state index in [1.54, 1.807) is 0 Å². The molecule has 2 rings (SSSR count).